The number of hydrogen-bond acceptors (Lipinski definition) is 6. The summed E-state index contributed by atoms with van der Waals surface area (Å²) in [5.74, 6) is 2.56. The molecule has 1 amide bonds. The van der Waals surface area contributed by atoms with Crippen molar-refractivity contribution in [1.82, 2.24) is 24.6 Å². The number of nitrogens with one attached hydrogen (secondary N) is 1. The number of H-pyrrole nitrogens is 1. The van der Waals surface area contributed by atoms with Crippen LogP contribution in [0.25, 0.3) is 11.4 Å². The number of nitrogens with zero attached hydrogens (tertiary/aromatic N) is 4. The van der Waals surface area contributed by atoms with Crippen molar-refractivity contribution in [3.63, 3.8) is 0 Å². The summed E-state index contributed by atoms with van der Waals surface area (Å²) in [7, 11) is 1.68. The van der Waals surface area contributed by atoms with Gasteiger partial charge in [0.15, 0.2) is 10.6 Å². The molecule has 0 atom stereocenters. The largest absolute Gasteiger partial charge is 0.497 e. The van der Waals surface area contributed by atoms with Crippen molar-refractivity contribution in [3.8, 4) is 22.9 Å². The van der Waals surface area contributed by atoms with E-state index in [-0.39, 0.29) is 5.91 Å². The maximum atomic E-state index is 13.1. The summed E-state index contributed by atoms with van der Waals surface area (Å²) in [6.45, 7) is 7.29. The lowest BCUT2D eigenvalue weighted by Gasteiger charge is -2.22. The number of rotatable bonds is 9. The van der Waals surface area contributed by atoms with Gasteiger partial charge >= 0.3 is 0 Å². The highest BCUT2D eigenvalue weighted by Gasteiger charge is 2.20. The normalized spacial score (nSPS) is 14.5. The monoisotopic (exact) mass is 495 g/mol. The van der Waals surface area contributed by atoms with Crippen LogP contribution in [0.4, 0.5) is 0 Å². The fraction of sp³-hybridized carbons (Fsp3) is 0.423. The summed E-state index contributed by atoms with van der Waals surface area (Å²) in [5, 5.41) is 7.26. The van der Waals surface area contributed by atoms with Crippen LogP contribution in [0.3, 0.4) is 0 Å². The van der Waals surface area contributed by atoms with E-state index in [4.69, 9.17) is 21.7 Å². The molecular weight excluding hydrogens is 462 g/mol. The molecule has 2 heterocycles. The minimum Gasteiger partial charge on any atom is -0.497 e. The van der Waals surface area contributed by atoms with Crippen molar-refractivity contribution in [2.45, 2.75) is 32.9 Å². The average Bonchev–Trinajstić information content (AvgIpc) is 3.08. The molecule has 0 radical (unpaired) electrons. The average molecular weight is 496 g/mol. The minimum atomic E-state index is 0.150. The molecule has 2 aromatic carbocycles. The third-order valence-electron chi connectivity index (χ3n) is 6.24. The molecule has 8 nitrogen and oxygen atoms in total. The molecule has 186 valence electrons. The first-order chi connectivity index (χ1) is 17.1. The van der Waals surface area contributed by atoms with Crippen LogP contribution in [-0.4, -0.2) is 70.4 Å². The lowest BCUT2D eigenvalue weighted by molar-refractivity contribution is -0.131. The van der Waals surface area contributed by atoms with Gasteiger partial charge in [0, 0.05) is 51.3 Å². The van der Waals surface area contributed by atoms with E-state index in [0.29, 0.717) is 24.3 Å². The van der Waals surface area contributed by atoms with Crippen LogP contribution >= 0.6 is 12.2 Å². The van der Waals surface area contributed by atoms with Crippen molar-refractivity contribution in [3.05, 3.63) is 58.9 Å². The van der Waals surface area contributed by atoms with E-state index in [1.807, 2.05) is 52.8 Å². The molecule has 1 saturated heterocycles. The SMILES string of the molecule is CCOc1ccc(-c2n[nH]c(=S)n2CCC(=O)N2CCCN(Cc3ccc(OC)cc3)CC2)cc1. The number of hydrogen-bond donors (Lipinski definition) is 1. The summed E-state index contributed by atoms with van der Waals surface area (Å²) in [5.41, 5.74) is 2.18. The summed E-state index contributed by atoms with van der Waals surface area (Å²) >= 11 is 5.44. The second-order valence-corrected chi connectivity index (χ2v) is 8.96. The summed E-state index contributed by atoms with van der Waals surface area (Å²) < 4.78 is 13.2. The van der Waals surface area contributed by atoms with E-state index in [1.54, 1.807) is 7.11 Å². The van der Waals surface area contributed by atoms with Gasteiger partial charge in [0.25, 0.3) is 0 Å². The number of amides is 1. The first-order valence-corrected chi connectivity index (χ1v) is 12.5. The highest BCUT2D eigenvalue weighted by molar-refractivity contribution is 7.71. The van der Waals surface area contributed by atoms with Crippen LogP contribution in [0.15, 0.2) is 48.5 Å². The first-order valence-electron chi connectivity index (χ1n) is 12.1. The Bertz CT molecular complexity index is 1160. The number of carbonyl (C=O) groups excluding carboxylic acids is 1. The van der Waals surface area contributed by atoms with Crippen LogP contribution in [-0.2, 0) is 17.9 Å². The molecule has 0 unspecified atom stereocenters. The third-order valence-corrected chi connectivity index (χ3v) is 6.55. The van der Waals surface area contributed by atoms with E-state index in [0.717, 1.165) is 62.0 Å². The number of ether oxygens (including phenoxy) is 2. The van der Waals surface area contributed by atoms with Crippen molar-refractivity contribution in [1.29, 1.82) is 0 Å². The summed E-state index contributed by atoms with van der Waals surface area (Å²) in [6, 6.07) is 15.9. The molecule has 0 spiro atoms. The lowest BCUT2D eigenvalue weighted by atomic mass is 10.2. The van der Waals surface area contributed by atoms with Gasteiger partial charge in [-0.2, -0.15) is 5.10 Å². The molecule has 1 fully saturated rings. The maximum Gasteiger partial charge on any atom is 0.224 e. The molecule has 35 heavy (non-hydrogen) atoms. The summed E-state index contributed by atoms with van der Waals surface area (Å²) in [4.78, 5) is 17.4. The standard InChI is InChI=1S/C26H33N5O3S/c1-3-34-23-11-7-21(8-12-23)25-27-28-26(35)31(25)16-13-24(32)30-15-4-14-29(17-18-30)19-20-5-9-22(33-2)10-6-20/h5-12H,3-4,13-19H2,1-2H3,(H,28,35). The molecule has 1 aliphatic rings. The number of aromatic nitrogens is 3. The molecule has 1 N–H and O–H groups in total. The smallest absolute Gasteiger partial charge is 0.224 e. The van der Waals surface area contributed by atoms with Gasteiger partial charge in [-0.3, -0.25) is 19.4 Å². The molecule has 1 aromatic heterocycles. The lowest BCUT2D eigenvalue weighted by Crippen LogP contribution is -2.35. The van der Waals surface area contributed by atoms with Crippen LogP contribution < -0.4 is 9.47 Å². The highest BCUT2D eigenvalue weighted by Crippen LogP contribution is 2.22. The second-order valence-electron chi connectivity index (χ2n) is 8.57. The van der Waals surface area contributed by atoms with Gasteiger partial charge in [-0.25, -0.2) is 0 Å². The molecule has 0 aliphatic carbocycles. The fourth-order valence-corrected chi connectivity index (χ4v) is 4.57. The van der Waals surface area contributed by atoms with Crippen molar-refractivity contribution in [2.24, 2.45) is 0 Å². The molecule has 4 rings (SSSR count). The Morgan fingerprint density at radius 3 is 2.49 bits per heavy atom. The van der Waals surface area contributed by atoms with Crippen LogP contribution in [0.2, 0.25) is 0 Å². The summed E-state index contributed by atoms with van der Waals surface area (Å²) in [6.07, 6.45) is 1.35. The first kappa shape index (κ1) is 24.9. The Labute approximate surface area is 211 Å². The molecule has 9 heteroatoms. The zero-order valence-electron chi connectivity index (χ0n) is 20.4. The Balaban J connectivity index is 1.32. The zero-order chi connectivity index (χ0) is 24.6. The second kappa shape index (κ2) is 12.0. The minimum absolute atomic E-state index is 0.150. The van der Waals surface area contributed by atoms with E-state index in [2.05, 4.69) is 27.2 Å². The zero-order valence-corrected chi connectivity index (χ0v) is 21.2. The van der Waals surface area contributed by atoms with E-state index in [9.17, 15) is 4.79 Å². The number of carbonyl (C=O) groups is 1. The number of aromatic amines is 1. The molecule has 3 aromatic rings. The Hall–Kier alpha value is -3.17. The van der Waals surface area contributed by atoms with Gasteiger partial charge in [0.2, 0.25) is 5.91 Å². The van der Waals surface area contributed by atoms with E-state index >= 15 is 0 Å². The fourth-order valence-electron chi connectivity index (χ4n) is 4.35. The van der Waals surface area contributed by atoms with Crippen molar-refractivity contribution < 1.29 is 14.3 Å². The van der Waals surface area contributed by atoms with Gasteiger partial charge in [-0.05, 0) is 67.5 Å². The highest BCUT2D eigenvalue weighted by atomic mass is 32.1. The van der Waals surface area contributed by atoms with Crippen LogP contribution in [0.1, 0.15) is 25.3 Å². The van der Waals surface area contributed by atoms with Gasteiger partial charge in [0.1, 0.15) is 11.5 Å². The Morgan fingerprint density at radius 1 is 1.03 bits per heavy atom. The van der Waals surface area contributed by atoms with Gasteiger partial charge in [0.05, 0.1) is 13.7 Å². The van der Waals surface area contributed by atoms with Crippen LogP contribution in [0, 0.1) is 4.77 Å². The van der Waals surface area contributed by atoms with Gasteiger partial charge < -0.3 is 14.4 Å². The van der Waals surface area contributed by atoms with E-state index < -0.39 is 0 Å². The third kappa shape index (κ3) is 6.49. The molecule has 0 bridgehead atoms. The number of methoxy groups -OCH3 is 1. The molecule has 1 aliphatic heterocycles. The predicted octanol–water partition coefficient (Wildman–Crippen LogP) is 4.14. The predicted molar refractivity (Wildman–Crippen MR) is 138 cm³/mol. The van der Waals surface area contributed by atoms with Crippen molar-refractivity contribution in [2.75, 3.05) is 39.9 Å². The van der Waals surface area contributed by atoms with E-state index in [1.165, 1.54) is 5.56 Å². The topological polar surface area (TPSA) is 75.6 Å². The van der Waals surface area contributed by atoms with Crippen molar-refractivity contribution >= 4 is 18.1 Å². The molecule has 0 saturated carbocycles. The van der Waals surface area contributed by atoms with Gasteiger partial charge in [-0.15, -0.1) is 0 Å². The maximum absolute atomic E-state index is 13.1. The molecular formula is C26H33N5O3S. The van der Waals surface area contributed by atoms with Crippen LogP contribution in [0.5, 0.6) is 11.5 Å². The number of benzene rings is 2. The Morgan fingerprint density at radius 2 is 1.77 bits per heavy atom. The Kier molecular flexibility index (Phi) is 8.54. The quantitative estimate of drug-likeness (QED) is 0.450. The van der Waals surface area contributed by atoms with Gasteiger partial charge in [-0.1, -0.05) is 12.1 Å².